The van der Waals surface area contributed by atoms with Gasteiger partial charge in [0.1, 0.15) is 11.5 Å². The minimum Gasteiger partial charge on any atom is -0.507 e. The Morgan fingerprint density at radius 1 is 1.36 bits per heavy atom. The van der Waals surface area contributed by atoms with Crippen molar-refractivity contribution in [1.29, 1.82) is 0 Å². The molecular weight excluding hydrogens is 332 g/mol. The average Bonchev–Trinajstić information content (AvgIpc) is 2.78. The van der Waals surface area contributed by atoms with Crippen molar-refractivity contribution < 1.29 is 32.6 Å². The fourth-order valence-corrected chi connectivity index (χ4v) is 2.07. The van der Waals surface area contributed by atoms with Gasteiger partial charge in [-0.05, 0) is 18.2 Å². The molecule has 0 aliphatic carbocycles. The lowest BCUT2D eigenvalue weighted by Crippen LogP contribution is -2.51. The Kier molecular flexibility index (Phi) is 4.30. The predicted octanol–water partition coefficient (Wildman–Crippen LogP) is 2.47. The zero-order valence-corrected chi connectivity index (χ0v) is 11.4. The van der Waals surface area contributed by atoms with E-state index in [4.69, 9.17) is 11.6 Å². The van der Waals surface area contributed by atoms with Crippen molar-refractivity contribution in [2.24, 2.45) is 5.10 Å². The number of carbonyl (C=O) groups is 1. The van der Waals surface area contributed by atoms with E-state index in [0.717, 1.165) is 12.1 Å². The van der Waals surface area contributed by atoms with E-state index in [2.05, 4.69) is 5.10 Å². The number of aliphatic hydroxyl groups is 1. The maximum absolute atomic E-state index is 13.0. The van der Waals surface area contributed by atoms with E-state index in [1.165, 1.54) is 6.07 Å². The number of rotatable bonds is 3. The number of alkyl halides is 4. The SMILES string of the molecule is O=C(c1ccc(Cl)cc1O)N1N=C(C(F)F)C[C@]1(O)C(F)F. The first-order valence-electron chi connectivity index (χ1n) is 5.86. The van der Waals surface area contributed by atoms with Gasteiger partial charge in [-0.25, -0.2) is 17.6 Å². The van der Waals surface area contributed by atoms with Crippen molar-refractivity contribution in [2.75, 3.05) is 0 Å². The van der Waals surface area contributed by atoms with Crippen molar-refractivity contribution >= 4 is 23.2 Å². The normalized spacial score (nSPS) is 21.6. The summed E-state index contributed by atoms with van der Waals surface area (Å²) in [6, 6.07) is 3.15. The lowest BCUT2D eigenvalue weighted by atomic mass is 10.1. The molecule has 1 heterocycles. The number of carbonyl (C=O) groups excluding carboxylic acids is 1. The van der Waals surface area contributed by atoms with Crippen LogP contribution in [0.3, 0.4) is 0 Å². The summed E-state index contributed by atoms with van der Waals surface area (Å²) < 4.78 is 51.3. The summed E-state index contributed by atoms with van der Waals surface area (Å²) in [5, 5.41) is 22.4. The van der Waals surface area contributed by atoms with Crippen molar-refractivity contribution in [3.8, 4) is 5.75 Å². The molecule has 0 unspecified atom stereocenters. The van der Waals surface area contributed by atoms with Crippen molar-refractivity contribution in [3.63, 3.8) is 0 Å². The molecule has 2 rings (SSSR count). The lowest BCUT2D eigenvalue weighted by Gasteiger charge is -2.30. The first kappa shape index (κ1) is 16.5. The van der Waals surface area contributed by atoms with Crippen LogP contribution in [0, 0.1) is 0 Å². The molecule has 0 radical (unpaired) electrons. The number of phenolic OH excluding ortho intramolecular Hbond substituents is 1. The zero-order chi connectivity index (χ0) is 16.7. The van der Waals surface area contributed by atoms with Crippen LogP contribution >= 0.6 is 11.6 Å². The van der Waals surface area contributed by atoms with Gasteiger partial charge in [0.15, 0.2) is 0 Å². The predicted molar refractivity (Wildman–Crippen MR) is 68.3 cm³/mol. The van der Waals surface area contributed by atoms with E-state index in [9.17, 15) is 32.6 Å². The van der Waals surface area contributed by atoms with Gasteiger partial charge in [0, 0.05) is 11.4 Å². The third kappa shape index (κ3) is 2.73. The van der Waals surface area contributed by atoms with E-state index in [1.807, 2.05) is 0 Å². The molecule has 2 N–H and O–H groups in total. The van der Waals surface area contributed by atoms with E-state index < -0.39 is 47.9 Å². The highest BCUT2D eigenvalue weighted by Crippen LogP contribution is 2.35. The molecule has 1 aromatic carbocycles. The molecular formula is C12H9ClF4N2O3. The second-order valence-electron chi connectivity index (χ2n) is 4.53. The fourth-order valence-electron chi connectivity index (χ4n) is 1.90. The van der Waals surface area contributed by atoms with Crippen LogP contribution in [0.15, 0.2) is 23.3 Å². The minimum absolute atomic E-state index is 0.0661. The van der Waals surface area contributed by atoms with Gasteiger partial charge in [0.05, 0.1) is 5.56 Å². The van der Waals surface area contributed by atoms with Gasteiger partial charge in [-0.15, -0.1) is 0 Å². The van der Waals surface area contributed by atoms with Gasteiger partial charge in [-0.3, -0.25) is 4.79 Å². The van der Waals surface area contributed by atoms with Gasteiger partial charge >= 0.3 is 0 Å². The molecule has 0 fully saturated rings. The van der Waals surface area contributed by atoms with Gasteiger partial charge in [0.2, 0.25) is 5.72 Å². The Bertz CT molecular complexity index is 641. The van der Waals surface area contributed by atoms with E-state index in [0.29, 0.717) is 0 Å². The summed E-state index contributed by atoms with van der Waals surface area (Å²) in [7, 11) is 0. The van der Waals surface area contributed by atoms with Crippen LogP contribution in [0.5, 0.6) is 5.75 Å². The first-order valence-corrected chi connectivity index (χ1v) is 6.23. The van der Waals surface area contributed by atoms with E-state index in [-0.39, 0.29) is 10.0 Å². The standard InChI is InChI=1S/C12H9ClF4N2O3/c13-5-1-2-6(8(20)3-5)10(21)19-12(22,11(16)17)4-7(18-19)9(14)15/h1-3,9,11,20,22H,4H2/t12-/m0/s1. The molecule has 1 aliphatic heterocycles. The average molecular weight is 341 g/mol. The fraction of sp³-hybridized carbons (Fsp3) is 0.333. The number of benzene rings is 1. The number of hydrazone groups is 1. The summed E-state index contributed by atoms with van der Waals surface area (Å²) >= 11 is 5.57. The maximum atomic E-state index is 13.0. The quantitative estimate of drug-likeness (QED) is 0.830. The molecule has 0 spiro atoms. The molecule has 5 nitrogen and oxygen atoms in total. The molecule has 1 amide bonds. The van der Waals surface area contributed by atoms with Crippen LogP contribution in [-0.2, 0) is 0 Å². The van der Waals surface area contributed by atoms with E-state index >= 15 is 0 Å². The third-order valence-corrected chi connectivity index (χ3v) is 3.26. The Morgan fingerprint density at radius 2 is 2.00 bits per heavy atom. The monoisotopic (exact) mass is 340 g/mol. The summed E-state index contributed by atoms with van der Waals surface area (Å²) in [5.74, 6) is -2.01. The van der Waals surface area contributed by atoms with Gasteiger partial charge in [-0.2, -0.15) is 10.1 Å². The highest BCUT2D eigenvalue weighted by atomic mass is 35.5. The van der Waals surface area contributed by atoms with Crippen LogP contribution in [0.1, 0.15) is 16.8 Å². The molecule has 120 valence electrons. The second-order valence-corrected chi connectivity index (χ2v) is 4.96. The van der Waals surface area contributed by atoms with Crippen LogP contribution < -0.4 is 0 Å². The molecule has 22 heavy (non-hydrogen) atoms. The molecule has 1 aliphatic rings. The summed E-state index contributed by atoms with van der Waals surface area (Å²) in [6.45, 7) is 0. The van der Waals surface area contributed by atoms with Crippen LogP contribution in [0.25, 0.3) is 0 Å². The molecule has 10 heteroatoms. The number of hydrogen-bond acceptors (Lipinski definition) is 4. The number of nitrogens with zero attached hydrogens (tertiary/aromatic N) is 2. The lowest BCUT2D eigenvalue weighted by molar-refractivity contribution is -0.164. The van der Waals surface area contributed by atoms with Gasteiger partial charge < -0.3 is 10.2 Å². The Labute approximate surface area is 126 Å². The number of amides is 1. The topological polar surface area (TPSA) is 73.1 Å². The smallest absolute Gasteiger partial charge is 0.287 e. The summed E-state index contributed by atoms with van der Waals surface area (Å²) in [5.41, 5.74) is -4.76. The first-order chi connectivity index (χ1) is 10.2. The number of phenols is 1. The van der Waals surface area contributed by atoms with E-state index in [1.54, 1.807) is 0 Å². The van der Waals surface area contributed by atoms with Gasteiger partial charge in [0.25, 0.3) is 18.8 Å². The summed E-state index contributed by atoms with van der Waals surface area (Å²) in [4.78, 5) is 12.1. The zero-order valence-electron chi connectivity index (χ0n) is 10.7. The highest BCUT2D eigenvalue weighted by Gasteiger charge is 2.53. The number of halogens is 5. The largest absolute Gasteiger partial charge is 0.507 e. The maximum Gasteiger partial charge on any atom is 0.287 e. The highest BCUT2D eigenvalue weighted by molar-refractivity contribution is 6.30. The second kappa shape index (κ2) is 5.73. The van der Waals surface area contributed by atoms with Crippen molar-refractivity contribution in [3.05, 3.63) is 28.8 Å². The number of aromatic hydroxyl groups is 1. The molecule has 0 bridgehead atoms. The Balaban J connectivity index is 2.44. The van der Waals surface area contributed by atoms with Crippen LogP contribution in [0.4, 0.5) is 17.6 Å². The van der Waals surface area contributed by atoms with Crippen LogP contribution in [0.2, 0.25) is 5.02 Å². The molecule has 0 saturated heterocycles. The van der Waals surface area contributed by atoms with Gasteiger partial charge in [-0.1, -0.05) is 11.6 Å². The molecule has 1 aromatic rings. The minimum atomic E-state index is -3.54. The summed E-state index contributed by atoms with van der Waals surface area (Å²) in [6.07, 6.45) is -7.93. The van der Waals surface area contributed by atoms with Crippen LogP contribution in [-0.4, -0.2) is 45.4 Å². The number of hydrogen-bond donors (Lipinski definition) is 2. The third-order valence-electron chi connectivity index (χ3n) is 3.02. The molecule has 0 aromatic heterocycles. The molecule has 0 saturated carbocycles. The van der Waals surface area contributed by atoms with Crippen molar-refractivity contribution in [2.45, 2.75) is 25.0 Å². The Morgan fingerprint density at radius 3 is 2.50 bits per heavy atom. The van der Waals surface area contributed by atoms with Crippen molar-refractivity contribution in [1.82, 2.24) is 5.01 Å². The Hall–Kier alpha value is -1.87. The molecule has 1 atom stereocenters.